The molecule has 0 atom stereocenters. The summed E-state index contributed by atoms with van der Waals surface area (Å²) in [4.78, 5) is 12.2. The minimum absolute atomic E-state index is 0.114. The molecular weight excluding hydrogens is 266 g/mol. The molecular formula is C17H23NO3. The van der Waals surface area contributed by atoms with E-state index in [1.54, 1.807) is 0 Å². The van der Waals surface area contributed by atoms with E-state index in [4.69, 9.17) is 4.74 Å². The second-order valence-electron chi connectivity index (χ2n) is 6.57. The minimum atomic E-state index is -0.734. The largest absolute Gasteiger partial charge is 0.388 e. The summed E-state index contributed by atoms with van der Waals surface area (Å²) in [5, 5.41) is 13.4. The fraction of sp³-hybridized carbons (Fsp3) is 0.588. The van der Waals surface area contributed by atoms with Gasteiger partial charge in [0, 0.05) is 12.1 Å². The summed E-state index contributed by atoms with van der Waals surface area (Å²) < 4.78 is 5.36. The zero-order valence-electron chi connectivity index (χ0n) is 12.5. The summed E-state index contributed by atoms with van der Waals surface area (Å²) in [5.41, 5.74) is 2.16. The summed E-state index contributed by atoms with van der Waals surface area (Å²) >= 11 is 0. The van der Waals surface area contributed by atoms with Crippen LogP contribution in [0.4, 0.5) is 0 Å². The van der Waals surface area contributed by atoms with E-state index in [0.29, 0.717) is 31.2 Å². The van der Waals surface area contributed by atoms with Gasteiger partial charge < -0.3 is 15.2 Å². The molecule has 1 amide bonds. The molecule has 4 nitrogen and oxygen atoms in total. The first-order valence-electron chi connectivity index (χ1n) is 7.76. The van der Waals surface area contributed by atoms with Crippen molar-refractivity contribution in [3.05, 3.63) is 34.9 Å². The van der Waals surface area contributed by atoms with Crippen LogP contribution in [0, 0.1) is 5.92 Å². The summed E-state index contributed by atoms with van der Waals surface area (Å²) in [5.74, 6) is 0.564. The number of aliphatic hydroxyl groups is 1. The zero-order chi connectivity index (χ0) is 14.9. The van der Waals surface area contributed by atoms with Gasteiger partial charge in [-0.3, -0.25) is 4.79 Å². The van der Waals surface area contributed by atoms with Crippen molar-refractivity contribution < 1.29 is 14.6 Å². The number of carbonyl (C=O) groups is 1. The Balaban J connectivity index is 1.59. The van der Waals surface area contributed by atoms with Gasteiger partial charge >= 0.3 is 0 Å². The third kappa shape index (κ3) is 3.27. The number of carbonyl (C=O) groups excluding carboxylic acids is 1. The maximum Gasteiger partial charge on any atom is 0.251 e. The lowest BCUT2D eigenvalue weighted by Gasteiger charge is -2.34. The monoisotopic (exact) mass is 289 g/mol. The van der Waals surface area contributed by atoms with E-state index >= 15 is 0 Å². The summed E-state index contributed by atoms with van der Waals surface area (Å²) in [6.45, 7) is 3.77. The van der Waals surface area contributed by atoms with E-state index in [0.717, 1.165) is 36.8 Å². The highest BCUT2D eigenvalue weighted by Gasteiger charge is 2.32. The maximum absolute atomic E-state index is 12.2. The van der Waals surface area contributed by atoms with Gasteiger partial charge in [0.15, 0.2) is 0 Å². The Labute approximate surface area is 125 Å². The summed E-state index contributed by atoms with van der Waals surface area (Å²) in [6.07, 6.45) is 3.60. The number of hydrogen-bond acceptors (Lipinski definition) is 3. The van der Waals surface area contributed by atoms with E-state index in [2.05, 4.69) is 12.2 Å². The molecule has 0 saturated heterocycles. The van der Waals surface area contributed by atoms with E-state index in [1.165, 1.54) is 0 Å². The van der Waals surface area contributed by atoms with Crippen molar-refractivity contribution in [2.45, 2.75) is 51.4 Å². The molecule has 0 spiro atoms. The Hall–Kier alpha value is -1.39. The Kier molecular flexibility index (Phi) is 4.00. The topological polar surface area (TPSA) is 58.6 Å². The van der Waals surface area contributed by atoms with Crippen LogP contribution < -0.4 is 5.32 Å². The smallest absolute Gasteiger partial charge is 0.251 e. The van der Waals surface area contributed by atoms with Crippen LogP contribution in [-0.4, -0.2) is 23.2 Å². The predicted octanol–water partition coefficient (Wildman–Crippen LogP) is 2.39. The molecule has 1 aromatic carbocycles. The standard InChI is InChI=1S/C17H23NO3/c1-12-4-6-17(20,7-5-12)11-18-16(19)13-2-3-14-9-21-10-15(14)8-13/h2-3,8,12,20H,4-7,9-11H2,1H3,(H,18,19). The van der Waals surface area contributed by atoms with E-state index in [9.17, 15) is 9.90 Å². The fourth-order valence-corrected chi connectivity index (χ4v) is 3.14. The van der Waals surface area contributed by atoms with Crippen LogP contribution in [0.3, 0.4) is 0 Å². The van der Waals surface area contributed by atoms with Crippen molar-refractivity contribution in [3.63, 3.8) is 0 Å². The summed E-state index contributed by atoms with van der Waals surface area (Å²) in [7, 11) is 0. The lowest BCUT2D eigenvalue weighted by Crippen LogP contribution is -2.45. The maximum atomic E-state index is 12.2. The molecule has 0 radical (unpaired) electrons. The van der Waals surface area contributed by atoms with Crippen LogP contribution in [0.2, 0.25) is 0 Å². The fourth-order valence-electron chi connectivity index (χ4n) is 3.14. The Bertz CT molecular complexity index is 533. The number of amides is 1. The molecule has 0 aromatic heterocycles. The quantitative estimate of drug-likeness (QED) is 0.898. The SMILES string of the molecule is CC1CCC(O)(CNC(=O)c2ccc3c(c2)COC3)CC1. The van der Waals surface area contributed by atoms with Crippen molar-refractivity contribution in [3.8, 4) is 0 Å². The van der Waals surface area contributed by atoms with Gasteiger partial charge in [-0.15, -0.1) is 0 Å². The van der Waals surface area contributed by atoms with Crippen LogP contribution in [0.5, 0.6) is 0 Å². The average molecular weight is 289 g/mol. The van der Waals surface area contributed by atoms with Gasteiger partial charge in [0.25, 0.3) is 5.91 Å². The molecule has 1 aromatic rings. The molecule has 1 aliphatic heterocycles. The van der Waals surface area contributed by atoms with E-state index < -0.39 is 5.60 Å². The van der Waals surface area contributed by atoms with Crippen LogP contribution in [0.1, 0.15) is 54.1 Å². The lowest BCUT2D eigenvalue weighted by molar-refractivity contribution is -0.00540. The number of rotatable bonds is 3. The second-order valence-corrected chi connectivity index (χ2v) is 6.57. The number of ether oxygens (including phenoxy) is 1. The molecule has 0 unspecified atom stereocenters. The normalized spacial score (nSPS) is 28.2. The van der Waals surface area contributed by atoms with Crippen molar-refractivity contribution >= 4 is 5.91 Å². The molecule has 3 rings (SSSR count). The van der Waals surface area contributed by atoms with Crippen LogP contribution in [0.15, 0.2) is 18.2 Å². The number of fused-ring (bicyclic) bond motifs is 1. The van der Waals surface area contributed by atoms with Crippen LogP contribution in [0.25, 0.3) is 0 Å². The van der Waals surface area contributed by atoms with Crippen LogP contribution in [-0.2, 0) is 18.0 Å². The third-order valence-corrected chi connectivity index (χ3v) is 4.77. The zero-order valence-corrected chi connectivity index (χ0v) is 12.5. The highest BCUT2D eigenvalue weighted by molar-refractivity contribution is 5.94. The first-order chi connectivity index (χ1) is 10.1. The molecule has 0 bridgehead atoms. The minimum Gasteiger partial charge on any atom is -0.388 e. The highest BCUT2D eigenvalue weighted by atomic mass is 16.5. The van der Waals surface area contributed by atoms with E-state index in [-0.39, 0.29) is 5.91 Å². The number of nitrogens with one attached hydrogen (secondary N) is 1. The van der Waals surface area contributed by atoms with Gasteiger partial charge in [-0.25, -0.2) is 0 Å². The molecule has 21 heavy (non-hydrogen) atoms. The molecule has 4 heteroatoms. The summed E-state index contributed by atoms with van der Waals surface area (Å²) in [6, 6.07) is 5.68. The molecule has 1 heterocycles. The van der Waals surface area contributed by atoms with Crippen LogP contribution >= 0.6 is 0 Å². The lowest BCUT2D eigenvalue weighted by atomic mass is 9.79. The Morgan fingerprint density at radius 1 is 1.33 bits per heavy atom. The molecule has 2 N–H and O–H groups in total. The molecule has 1 saturated carbocycles. The Morgan fingerprint density at radius 2 is 2.05 bits per heavy atom. The van der Waals surface area contributed by atoms with Gasteiger partial charge in [0.2, 0.25) is 0 Å². The second kappa shape index (κ2) is 5.78. The van der Waals surface area contributed by atoms with Gasteiger partial charge in [0.05, 0.1) is 18.8 Å². The molecule has 2 aliphatic rings. The highest BCUT2D eigenvalue weighted by Crippen LogP contribution is 2.31. The first kappa shape index (κ1) is 14.5. The molecule has 1 fully saturated rings. The van der Waals surface area contributed by atoms with Gasteiger partial charge in [0.1, 0.15) is 0 Å². The average Bonchev–Trinajstić information content (AvgIpc) is 2.96. The van der Waals surface area contributed by atoms with Crippen molar-refractivity contribution in [2.24, 2.45) is 5.92 Å². The van der Waals surface area contributed by atoms with Gasteiger partial charge in [-0.1, -0.05) is 13.0 Å². The van der Waals surface area contributed by atoms with Crippen molar-refractivity contribution in [1.29, 1.82) is 0 Å². The predicted molar refractivity (Wildman–Crippen MR) is 79.9 cm³/mol. The van der Waals surface area contributed by atoms with Crippen molar-refractivity contribution in [2.75, 3.05) is 6.54 Å². The Morgan fingerprint density at radius 3 is 2.81 bits per heavy atom. The van der Waals surface area contributed by atoms with Crippen molar-refractivity contribution in [1.82, 2.24) is 5.32 Å². The number of hydrogen-bond donors (Lipinski definition) is 2. The molecule has 1 aliphatic carbocycles. The van der Waals surface area contributed by atoms with Gasteiger partial charge in [-0.05, 0) is 54.9 Å². The van der Waals surface area contributed by atoms with Gasteiger partial charge in [-0.2, -0.15) is 0 Å². The number of benzene rings is 1. The third-order valence-electron chi connectivity index (χ3n) is 4.77. The first-order valence-corrected chi connectivity index (χ1v) is 7.76. The van der Waals surface area contributed by atoms with E-state index in [1.807, 2.05) is 18.2 Å². The molecule has 114 valence electrons.